The average Bonchev–Trinajstić information content (AvgIpc) is 3.08. The van der Waals surface area contributed by atoms with E-state index in [1.54, 1.807) is 6.20 Å². The Kier molecular flexibility index (Phi) is 4.31. The molecule has 108 valence electrons. The fourth-order valence-electron chi connectivity index (χ4n) is 2.27. The summed E-state index contributed by atoms with van der Waals surface area (Å²) < 4.78 is 1.31. The number of nitrogens with zero attached hydrogens (tertiary/aromatic N) is 1. The van der Waals surface area contributed by atoms with Crippen molar-refractivity contribution in [2.45, 2.75) is 5.92 Å². The fourth-order valence-corrected chi connectivity index (χ4v) is 3.76. The normalized spacial score (nSPS) is 12.5. The highest BCUT2D eigenvalue weighted by Gasteiger charge is 2.17. The highest BCUT2D eigenvalue weighted by atomic mass is 35.5. The van der Waals surface area contributed by atoms with E-state index >= 15 is 0 Å². The van der Waals surface area contributed by atoms with Gasteiger partial charge in [0.15, 0.2) is 0 Å². The lowest BCUT2D eigenvalue weighted by Crippen LogP contribution is -2.15. The first-order chi connectivity index (χ1) is 10.2. The van der Waals surface area contributed by atoms with Gasteiger partial charge in [0.1, 0.15) is 10.2 Å². The maximum absolute atomic E-state index is 6.18. The number of H-pyrrole nitrogens is 1. The van der Waals surface area contributed by atoms with Crippen LogP contribution in [-0.4, -0.2) is 16.5 Å². The van der Waals surface area contributed by atoms with Gasteiger partial charge in [0, 0.05) is 12.1 Å². The van der Waals surface area contributed by atoms with E-state index in [0.29, 0.717) is 15.2 Å². The molecule has 0 bridgehead atoms. The van der Waals surface area contributed by atoms with Gasteiger partial charge in [-0.05, 0) is 11.6 Å². The molecule has 1 atom stereocenters. The van der Waals surface area contributed by atoms with Crippen LogP contribution in [0.4, 0.5) is 0 Å². The second kappa shape index (κ2) is 6.20. The molecule has 2 heterocycles. The van der Waals surface area contributed by atoms with Crippen molar-refractivity contribution in [1.29, 1.82) is 0 Å². The van der Waals surface area contributed by atoms with Gasteiger partial charge in [0.25, 0.3) is 0 Å². The van der Waals surface area contributed by atoms with E-state index < -0.39 is 0 Å². The van der Waals surface area contributed by atoms with Crippen LogP contribution in [0.2, 0.25) is 8.67 Å². The molecule has 3 rings (SSSR count). The summed E-state index contributed by atoms with van der Waals surface area (Å²) in [6, 6.07) is 11.9. The van der Waals surface area contributed by atoms with Crippen LogP contribution in [0, 0.1) is 0 Å². The number of hydrogen-bond acceptors (Lipinski definition) is 3. The Bertz CT molecular complexity index is 736. The standard InChI is InChI=1S/C15H13Cl2N3S/c16-13-6-10(14(17)21-13)12-8-19-15(20-12)11(7-18)9-4-2-1-3-5-9/h1-6,8,11H,7,18H2,(H,19,20). The third-order valence-corrected chi connectivity index (χ3v) is 4.80. The van der Waals surface area contributed by atoms with Gasteiger partial charge in [-0.3, -0.25) is 0 Å². The Morgan fingerprint density at radius 3 is 2.62 bits per heavy atom. The molecule has 0 aliphatic rings. The number of nitrogens with two attached hydrogens (primary N) is 1. The predicted octanol–water partition coefficient (Wildman–Crippen LogP) is 4.54. The molecule has 0 aliphatic heterocycles. The third kappa shape index (κ3) is 2.99. The number of nitrogens with one attached hydrogen (secondary N) is 1. The van der Waals surface area contributed by atoms with Crippen molar-refractivity contribution in [3.05, 3.63) is 62.7 Å². The first-order valence-electron chi connectivity index (χ1n) is 6.44. The van der Waals surface area contributed by atoms with E-state index in [2.05, 4.69) is 9.97 Å². The van der Waals surface area contributed by atoms with Crippen molar-refractivity contribution < 1.29 is 0 Å². The van der Waals surface area contributed by atoms with E-state index in [9.17, 15) is 0 Å². The summed E-state index contributed by atoms with van der Waals surface area (Å²) in [7, 11) is 0. The maximum atomic E-state index is 6.18. The fraction of sp³-hybridized carbons (Fsp3) is 0.133. The molecule has 3 aromatic rings. The predicted molar refractivity (Wildman–Crippen MR) is 89.3 cm³/mol. The molecule has 1 unspecified atom stereocenters. The topological polar surface area (TPSA) is 54.7 Å². The van der Waals surface area contributed by atoms with Gasteiger partial charge in [-0.15, -0.1) is 11.3 Å². The molecule has 2 aromatic heterocycles. The summed E-state index contributed by atoms with van der Waals surface area (Å²) in [6.45, 7) is 0.481. The monoisotopic (exact) mass is 337 g/mol. The lowest BCUT2D eigenvalue weighted by Gasteiger charge is -2.12. The quantitative estimate of drug-likeness (QED) is 0.734. The van der Waals surface area contributed by atoms with Crippen LogP contribution >= 0.6 is 34.5 Å². The molecular formula is C15H13Cl2N3S. The minimum absolute atomic E-state index is 0.0350. The van der Waals surface area contributed by atoms with Crippen molar-refractivity contribution in [3.63, 3.8) is 0 Å². The molecule has 0 fully saturated rings. The van der Waals surface area contributed by atoms with Crippen molar-refractivity contribution in [3.8, 4) is 11.3 Å². The van der Waals surface area contributed by atoms with Crippen LogP contribution in [0.3, 0.4) is 0 Å². The summed E-state index contributed by atoms with van der Waals surface area (Å²) in [4.78, 5) is 7.76. The Morgan fingerprint density at radius 1 is 1.24 bits per heavy atom. The molecule has 3 nitrogen and oxygen atoms in total. The maximum Gasteiger partial charge on any atom is 0.115 e. The summed E-state index contributed by atoms with van der Waals surface area (Å²) in [5.74, 6) is 0.866. The van der Waals surface area contributed by atoms with Crippen LogP contribution in [0.5, 0.6) is 0 Å². The molecule has 21 heavy (non-hydrogen) atoms. The van der Waals surface area contributed by atoms with Gasteiger partial charge >= 0.3 is 0 Å². The zero-order valence-electron chi connectivity index (χ0n) is 11.0. The second-order valence-corrected chi connectivity index (χ2v) is 6.90. The van der Waals surface area contributed by atoms with Gasteiger partial charge in [0.05, 0.1) is 22.1 Å². The number of aromatic nitrogens is 2. The second-order valence-electron chi connectivity index (χ2n) is 4.62. The lowest BCUT2D eigenvalue weighted by atomic mass is 9.99. The van der Waals surface area contributed by atoms with Crippen molar-refractivity contribution in [2.75, 3.05) is 6.54 Å². The zero-order valence-corrected chi connectivity index (χ0v) is 13.3. The summed E-state index contributed by atoms with van der Waals surface area (Å²) in [5.41, 5.74) is 8.77. The number of hydrogen-bond donors (Lipinski definition) is 2. The Balaban J connectivity index is 1.95. The SMILES string of the molecule is NCC(c1ccccc1)c1ncc(-c2cc(Cl)sc2Cl)[nH]1. The molecule has 0 saturated carbocycles. The Hall–Kier alpha value is -1.33. The highest BCUT2D eigenvalue weighted by Crippen LogP contribution is 2.37. The zero-order chi connectivity index (χ0) is 14.8. The molecule has 1 aromatic carbocycles. The summed E-state index contributed by atoms with van der Waals surface area (Å²) in [6.07, 6.45) is 1.77. The molecule has 6 heteroatoms. The molecule has 0 amide bonds. The number of rotatable bonds is 4. The molecule has 3 N–H and O–H groups in total. The smallest absolute Gasteiger partial charge is 0.115 e. The van der Waals surface area contributed by atoms with E-state index in [0.717, 1.165) is 22.6 Å². The molecular weight excluding hydrogens is 325 g/mol. The molecule has 0 spiro atoms. The number of halogens is 2. The van der Waals surface area contributed by atoms with Crippen LogP contribution in [-0.2, 0) is 0 Å². The van der Waals surface area contributed by atoms with Crippen molar-refractivity contribution in [1.82, 2.24) is 9.97 Å². The van der Waals surface area contributed by atoms with Crippen molar-refractivity contribution in [2.24, 2.45) is 5.73 Å². The van der Waals surface area contributed by atoms with Crippen LogP contribution in [0.1, 0.15) is 17.3 Å². The van der Waals surface area contributed by atoms with E-state index in [4.69, 9.17) is 28.9 Å². The van der Waals surface area contributed by atoms with Gasteiger partial charge in [-0.2, -0.15) is 0 Å². The van der Waals surface area contributed by atoms with E-state index in [1.807, 2.05) is 36.4 Å². The number of imidazole rings is 1. The van der Waals surface area contributed by atoms with Gasteiger partial charge in [-0.25, -0.2) is 4.98 Å². The van der Waals surface area contributed by atoms with Crippen LogP contribution < -0.4 is 5.73 Å². The minimum Gasteiger partial charge on any atom is -0.341 e. The summed E-state index contributed by atoms with van der Waals surface area (Å²) in [5, 5.41) is 0. The summed E-state index contributed by atoms with van der Waals surface area (Å²) >= 11 is 13.5. The number of thiophene rings is 1. The minimum atomic E-state index is 0.0350. The third-order valence-electron chi connectivity index (χ3n) is 3.31. The highest BCUT2D eigenvalue weighted by molar-refractivity contribution is 7.20. The van der Waals surface area contributed by atoms with Gasteiger partial charge in [-0.1, -0.05) is 53.5 Å². The van der Waals surface area contributed by atoms with Crippen molar-refractivity contribution >= 4 is 34.5 Å². The Morgan fingerprint density at radius 2 is 2.00 bits per heavy atom. The van der Waals surface area contributed by atoms with E-state index in [-0.39, 0.29) is 5.92 Å². The Labute approximate surface area is 136 Å². The lowest BCUT2D eigenvalue weighted by molar-refractivity contribution is 0.765. The first-order valence-corrected chi connectivity index (χ1v) is 8.01. The van der Waals surface area contributed by atoms with Gasteiger partial charge < -0.3 is 10.7 Å². The van der Waals surface area contributed by atoms with Crippen LogP contribution in [0.15, 0.2) is 42.6 Å². The number of aromatic amines is 1. The average molecular weight is 338 g/mol. The molecule has 0 saturated heterocycles. The number of benzene rings is 1. The van der Waals surface area contributed by atoms with E-state index in [1.165, 1.54) is 11.3 Å². The first kappa shape index (κ1) is 14.6. The molecule has 0 radical (unpaired) electrons. The van der Waals surface area contributed by atoms with Crippen LogP contribution in [0.25, 0.3) is 11.3 Å². The van der Waals surface area contributed by atoms with Gasteiger partial charge in [0.2, 0.25) is 0 Å². The largest absolute Gasteiger partial charge is 0.341 e. The molecule has 0 aliphatic carbocycles.